The highest BCUT2D eigenvalue weighted by Crippen LogP contribution is 1.92. The molecule has 1 atom stereocenters. The first-order chi connectivity index (χ1) is 6.36. The molecule has 1 heterocycles. The van der Waals surface area contributed by atoms with Crippen LogP contribution >= 0.6 is 0 Å². The summed E-state index contributed by atoms with van der Waals surface area (Å²) < 4.78 is 4.80. The van der Waals surface area contributed by atoms with Gasteiger partial charge in [0.1, 0.15) is 0 Å². The Morgan fingerprint density at radius 2 is 2.62 bits per heavy atom. The average molecular weight is 180 g/mol. The highest BCUT2D eigenvalue weighted by atomic mass is 16.5. The van der Waals surface area contributed by atoms with Crippen LogP contribution in [0.15, 0.2) is 10.9 Å². The molecule has 0 amide bonds. The normalized spacial score (nSPS) is 12.3. The van der Waals surface area contributed by atoms with Gasteiger partial charge in [0.05, 0.1) is 12.1 Å². The zero-order valence-corrected chi connectivity index (χ0v) is 7.53. The third kappa shape index (κ3) is 3.22. The first-order valence-corrected chi connectivity index (χ1v) is 4.25. The van der Waals surface area contributed by atoms with Gasteiger partial charge in [-0.1, -0.05) is 12.1 Å². The molecule has 5 heteroatoms. The molecule has 5 nitrogen and oxygen atoms in total. The second-order valence-corrected chi connectivity index (χ2v) is 2.63. The molecule has 1 aromatic heterocycles. The van der Waals surface area contributed by atoms with Gasteiger partial charge in [0.15, 0.2) is 6.33 Å². The second-order valence-electron chi connectivity index (χ2n) is 2.63. The van der Waals surface area contributed by atoms with Gasteiger partial charge >= 0.3 is 0 Å². The van der Waals surface area contributed by atoms with Crippen LogP contribution in [0, 0.1) is 11.3 Å². The number of hydrogen-bond donors (Lipinski definition) is 1. The van der Waals surface area contributed by atoms with Gasteiger partial charge in [0.25, 0.3) is 0 Å². The Morgan fingerprint density at radius 1 is 1.77 bits per heavy atom. The third-order valence-corrected chi connectivity index (χ3v) is 1.70. The van der Waals surface area contributed by atoms with E-state index in [4.69, 9.17) is 9.78 Å². The van der Waals surface area contributed by atoms with Crippen molar-refractivity contribution < 1.29 is 4.52 Å². The smallest absolute Gasteiger partial charge is 0.227 e. The maximum Gasteiger partial charge on any atom is 0.227 e. The molecule has 0 saturated heterocycles. The van der Waals surface area contributed by atoms with E-state index >= 15 is 0 Å². The third-order valence-electron chi connectivity index (χ3n) is 1.70. The van der Waals surface area contributed by atoms with Gasteiger partial charge in [-0.25, -0.2) is 0 Å². The Labute approximate surface area is 76.7 Å². The summed E-state index contributed by atoms with van der Waals surface area (Å²) in [7, 11) is 0. The van der Waals surface area contributed by atoms with Crippen LogP contribution in [0.3, 0.4) is 0 Å². The fourth-order valence-electron chi connectivity index (χ4n) is 0.941. The van der Waals surface area contributed by atoms with Gasteiger partial charge in [0.2, 0.25) is 5.89 Å². The lowest BCUT2D eigenvalue weighted by atomic mass is 10.2. The first kappa shape index (κ1) is 9.68. The molecule has 0 spiro atoms. The van der Waals surface area contributed by atoms with Crippen molar-refractivity contribution in [2.24, 2.45) is 0 Å². The standard InChI is InChI=1S/C8H12N4O/c1-2-7(5-9)10-4-3-8-11-6-12-13-8/h6-7,10H,2-4H2,1H3. The molecule has 0 aliphatic heterocycles. The molecule has 0 fully saturated rings. The summed E-state index contributed by atoms with van der Waals surface area (Å²) in [6.45, 7) is 2.65. The van der Waals surface area contributed by atoms with Crippen LogP contribution in [0.1, 0.15) is 19.2 Å². The lowest BCUT2D eigenvalue weighted by Gasteiger charge is -2.06. The van der Waals surface area contributed by atoms with Crippen molar-refractivity contribution in [1.29, 1.82) is 5.26 Å². The van der Waals surface area contributed by atoms with Crippen molar-refractivity contribution in [2.75, 3.05) is 6.54 Å². The summed E-state index contributed by atoms with van der Waals surface area (Å²) in [6, 6.07) is 2.07. The molecule has 0 radical (unpaired) electrons. The van der Waals surface area contributed by atoms with Gasteiger partial charge in [-0.3, -0.25) is 0 Å². The van der Waals surface area contributed by atoms with E-state index < -0.39 is 0 Å². The summed E-state index contributed by atoms with van der Waals surface area (Å²) >= 11 is 0. The predicted octanol–water partition coefficient (Wildman–Crippen LogP) is 0.504. The number of aromatic nitrogens is 2. The van der Waals surface area contributed by atoms with Crippen molar-refractivity contribution in [3.63, 3.8) is 0 Å². The van der Waals surface area contributed by atoms with E-state index in [0.29, 0.717) is 18.9 Å². The van der Waals surface area contributed by atoms with E-state index in [1.807, 2.05) is 6.92 Å². The summed E-state index contributed by atoms with van der Waals surface area (Å²) in [5, 5.41) is 15.2. The largest absolute Gasteiger partial charge is 0.340 e. The number of rotatable bonds is 5. The van der Waals surface area contributed by atoms with E-state index in [1.54, 1.807) is 0 Å². The van der Waals surface area contributed by atoms with Crippen LogP contribution in [0.2, 0.25) is 0 Å². The van der Waals surface area contributed by atoms with Crippen molar-refractivity contribution >= 4 is 0 Å². The minimum Gasteiger partial charge on any atom is -0.340 e. The summed E-state index contributed by atoms with van der Waals surface area (Å²) in [5.41, 5.74) is 0. The maximum atomic E-state index is 8.62. The van der Waals surface area contributed by atoms with Crippen LogP contribution < -0.4 is 5.32 Å². The Kier molecular flexibility index (Phi) is 3.93. The summed E-state index contributed by atoms with van der Waals surface area (Å²) in [4.78, 5) is 3.86. The van der Waals surface area contributed by atoms with E-state index in [2.05, 4.69) is 21.5 Å². The van der Waals surface area contributed by atoms with E-state index in [9.17, 15) is 0 Å². The van der Waals surface area contributed by atoms with Crippen molar-refractivity contribution in [1.82, 2.24) is 15.5 Å². The van der Waals surface area contributed by atoms with Crippen LogP contribution in [-0.2, 0) is 6.42 Å². The highest BCUT2D eigenvalue weighted by Gasteiger charge is 2.03. The van der Waals surface area contributed by atoms with E-state index in [1.165, 1.54) is 6.33 Å². The fraction of sp³-hybridized carbons (Fsp3) is 0.625. The molecule has 13 heavy (non-hydrogen) atoms. The van der Waals surface area contributed by atoms with Crippen molar-refractivity contribution in [2.45, 2.75) is 25.8 Å². The lowest BCUT2D eigenvalue weighted by Crippen LogP contribution is -2.28. The van der Waals surface area contributed by atoms with Gasteiger partial charge in [-0.2, -0.15) is 10.2 Å². The first-order valence-electron chi connectivity index (χ1n) is 4.25. The van der Waals surface area contributed by atoms with Crippen LogP contribution in [0.4, 0.5) is 0 Å². The molecule has 1 aromatic rings. The van der Waals surface area contributed by atoms with Crippen LogP contribution in [-0.4, -0.2) is 22.7 Å². The van der Waals surface area contributed by atoms with Crippen LogP contribution in [0.25, 0.3) is 0 Å². The lowest BCUT2D eigenvalue weighted by molar-refractivity contribution is 0.373. The Morgan fingerprint density at radius 3 is 3.15 bits per heavy atom. The van der Waals surface area contributed by atoms with Gasteiger partial charge < -0.3 is 9.84 Å². The number of hydrogen-bond acceptors (Lipinski definition) is 5. The molecule has 0 bridgehead atoms. The summed E-state index contributed by atoms with van der Waals surface area (Å²) in [6.07, 6.45) is 2.84. The molecular weight excluding hydrogens is 168 g/mol. The fourth-order valence-corrected chi connectivity index (χ4v) is 0.941. The second kappa shape index (κ2) is 5.27. The minimum absolute atomic E-state index is 0.0806. The van der Waals surface area contributed by atoms with Crippen LogP contribution in [0.5, 0.6) is 0 Å². The maximum absolute atomic E-state index is 8.62. The van der Waals surface area contributed by atoms with Gasteiger partial charge in [-0.15, -0.1) is 0 Å². The molecule has 0 saturated carbocycles. The SMILES string of the molecule is CCC(C#N)NCCc1ncno1. The molecule has 1 rings (SSSR count). The molecule has 0 aliphatic carbocycles. The molecule has 0 aromatic carbocycles. The van der Waals surface area contributed by atoms with E-state index in [0.717, 1.165) is 6.42 Å². The number of nitrogens with one attached hydrogen (secondary N) is 1. The topological polar surface area (TPSA) is 74.7 Å². The molecule has 0 aliphatic rings. The Bertz CT molecular complexity index is 264. The van der Waals surface area contributed by atoms with Crippen molar-refractivity contribution in [3.05, 3.63) is 12.2 Å². The molecule has 1 N–H and O–H groups in total. The zero-order chi connectivity index (χ0) is 9.52. The highest BCUT2D eigenvalue weighted by molar-refractivity contribution is 4.89. The van der Waals surface area contributed by atoms with Gasteiger partial charge in [0, 0.05) is 13.0 Å². The average Bonchev–Trinajstić information content (AvgIpc) is 2.65. The Balaban J connectivity index is 2.18. The van der Waals surface area contributed by atoms with Gasteiger partial charge in [-0.05, 0) is 6.42 Å². The molecule has 70 valence electrons. The molecular formula is C8H12N4O. The molecule has 1 unspecified atom stereocenters. The quantitative estimate of drug-likeness (QED) is 0.714. The Hall–Kier alpha value is -1.41. The predicted molar refractivity (Wildman–Crippen MR) is 45.7 cm³/mol. The number of nitrogens with zero attached hydrogens (tertiary/aromatic N) is 3. The van der Waals surface area contributed by atoms with E-state index in [-0.39, 0.29) is 6.04 Å². The minimum atomic E-state index is -0.0806. The number of nitriles is 1. The van der Waals surface area contributed by atoms with Crippen molar-refractivity contribution in [3.8, 4) is 6.07 Å². The summed E-state index contributed by atoms with van der Waals surface area (Å²) in [5.74, 6) is 0.597. The monoisotopic (exact) mass is 180 g/mol. The zero-order valence-electron chi connectivity index (χ0n) is 7.53.